The molecule has 24 heavy (non-hydrogen) atoms. The van der Waals surface area contributed by atoms with Crippen LogP contribution in [0.1, 0.15) is 19.8 Å². The number of piperidine rings is 1. The Kier molecular flexibility index (Phi) is 4.66. The molecule has 1 aromatic rings. The Balaban J connectivity index is 1.89. The van der Waals surface area contributed by atoms with Crippen LogP contribution in [-0.4, -0.2) is 51.2 Å². The van der Waals surface area contributed by atoms with Gasteiger partial charge in [0.1, 0.15) is 5.75 Å². The number of anilines is 1. The highest BCUT2D eigenvalue weighted by molar-refractivity contribution is 7.92. The number of hydrogen-bond donors (Lipinski definition) is 0. The first-order chi connectivity index (χ1) is 11.3. The number of rotatable bonds is 2. The van der Waals surface area contributed by atoms with Gasteiger partial charge in [0.2, 0.25) is 10.0 Å². The number of hydrogen-bond acceptors (Lipinski definition) is 4. The molecule has 0 N–H and O–H groups in total. The van der Waals surface area contributed by atoms with Crippen LogP contribution in [0.2, 0.25) is 5.02 Å². The molecule has 1 aromatic carbocycles. The minimum atomic E-state index is -3.54. The molecule has 132 valence electrons. The average molecular weight is 373 g/mol. The van der Waals surface area contributed by atoms with Crippen molar-refractivity contribution in [3.05, 3.63) is 23.2 Å². The van der Waals surface area contributed by atoms with Gasteiger partial charge in [0.05, 0.1) is 18.5 Å². The Morgan fingerprint density at radius 1 is 1.33 bits per heavy atom. The maximum atomic E-state index is 12.8. The van der Waals surface area contributed by atoms with E-state index < -0.39 is 16.1 Å². The summed E-state index contributed by atoms with van der Waals surface area (Å²) in [7, 11) is -3.54. The van der Waals surface area contributed by atoms with Gasteiger partial charge < -0.3 is 9.64 Å². The molecule has 1 amide bonds. The van der Waals surface area contributed by atoms with Crippen molar-refractivity contribution in [3.8, 4) is 5.75 Å². The first kappa shape index (κ1) is 17.4. The van der Waals surface area contributed by atoms with Crippen molar-refractivity contribution < 1.29 is 17.9 Å². The van der Waals surface area contributed by atoms with Crippen LogP contribution in [0.5, 0.6) is 5.75 Å². The molecule has 2 aliphatic heterocycles. The largest absolute Gasteiger partial charge is 0.476 e. The summed E-state index contributed by atoms with van der Waals surface area (Å²) < 4.78 is 31.3. The van der Waals surface area contributed by atoms with Gasteiger partial charge in [-0.15, -0.1) is 0 Å². The van der Waals surface area contributed by atoms with Gasteiger partial charge in [0, 0.05) is 18.1 Å². The van der Waals surface area contributed by atoms with E-state index in [9.17, 15) is 13.2 Å². The molecule has 0 spiro atoms. The molecule has 0 aliphatic carbocycles. The summed E-state index contributed by atoms with van der Waals surface area (Å²) in [4.78, 5) is 14.6. The summed E-state index contributed by atoms with van der Waals surface area (Å²) in [6.45, 7) is 3.46. The normalized spacial score (nSPS) is 24.3. The maximum Gasteiger partial charge on any atom is 0.265 e. The predicted molar refractivity (Wildman–Crippen MR) is 93.0 cm³/mol. The highest BCUT2D eigenvalue weighted by Crippen LogP contribution is 2.37. The molecular formula is C16H21ClN2O4S. The lowest BCUT2D eigenvalue weighted by atomic mass is 10.00. The smallest absolute Gasteiger partial charge is 0.265 e. The van der Waals surface area contributed by atoms with Crippen LogP contribution in [0.25, 0.3) is 0 Å². The fraction of sp³-hybridized carbons (Fsp3) is 0.562. The highest BCUT2D eigenvalue weighted by Gasteiger charge is 2.37. The zero-order valence-corrected chi connectivity index (χ0v) is 15.3. The third-order valence-electron chi connectivity index (χ3n) is 4.44. The molecule has 0 saturated carbocycles. The van der Waals surface area contributed by atoms with E-state index in [1.165, 1.54) is 4.31 Å². The zero-order chi connectivity index (χ0) is 17.5. The van der Waals surface area contributed by atoms with Crippen LogP contribution in [0, 0.1) is 5.92 Å². The van der Waals surface area contributed by atoms with Crippen LogP contribution in [0.15, 0.2) is 18.2 Å². The van der Waals surface area contributed by atoms with Gasteiger partial charge in [-0.2, -0.15) is 0 Å². The van der Waals surface area contributed by atoms with Crippen LogP contribution in [0.3, 0.4) is 0 Å². The fourth-order valence-electron chi connectivity index (χ4n) is 3.26. The lowest BCUT2D eigenvalue weighted by molar-refractivity contribution is -0.140. The summed E-state index contributed by atoms with van der Waals surface area (Å²) >= 11 is 5.98. The van der Waals surface area contributed by atoms with Gasteiger partial charge in [-0.25, -0.2) is 8.42 Å². The van der Waals surface area contributed by atoms with Crippen molar-refractivity contribution in [3.63, 3.8) is 0 Å². The standard InChI is InChI=1S/C16H21ClN2O4S/c1-11-4-3-7-18(9-11)16(20)15-10-19(24(2,21)22)13-8-12(17)5-6-14(13)23-15/h5-6,8,11,15H,3-4,7,9-10H2,1-2H3/t11-,15+/m1/s1. The second-order valence-corrected chi connectivity index (χ2v) is 8.89. The molecule has 2 atom stereocenters. The van der Waals surface area contributed by atoms with Crippen molar-refractivity contribution >= 4 is 33.2 Å². The second kappa shape index (κ2) is 6.44. The minimum Gasteiger partial charge on any atom is -0.476 e. The number of benzene rings is 1. The van der Waals surface area contributed by atoms with Crippen LogP contribution < -0.4 is 9.04 Å². The summed E-state index contributed by atoms with van der Waals surface area (Å²) in [5, 5.41) is 0.417. The monoisotopic (exact) mass is 372 g/mol. The molecule has 1 fully saturated rings. The Morgan fingerprint density at radius 2 is 2.08 bits per heavy atom. The second-order valence-electron chi connectivity index (χ2n) is 6.54. The Hall–Kier alpha value is -1.47. The van der Waals surface area contributed by atoms with Gasteiger partial charge in [0.15, 0.2) is 6.10 Å². The van der Waals surface area contributed by atoms with Gasteiger partial charge in [0.25, 0.3) is 5.91 Å². The number of carbonyl (C=O) groups is 1. The van der Waals surface area contributed by atoms with E-state index in [2.05, 4.69) is 6.92 Å². The van der Waals surface area contributed by atoms with Crippen LogP contribution >= 0.6 is 11.6 Å². The van der Waals surface area contributed by atoms with Crippen molar-refractivity contribution in [1.82, 2.24) is 4.90 Å². The average Bonchev–Trinajstić information content (AvgIpc) is 2.52. The number of fused-ring (bicyclic) bond motifs is 1. The van der Waals surface area contributed by atoms with E-state index in [4.69, 9.17) is 16.3 Å². The molecule has 2 aliphatic rings. The van der Waals surface area contributed by atoms with Crippen molar-refractivity contribution in [2.75, 3.05) is 30.2 Å². The molecule has 8 heteroatoms. The first-order valence-corrected chi connectivity index (χ1v) is 10.2. The van der Waals surface area contributed by atoms with Gasteiger partial charge in [-0.1, -0.05) is 18.5 Å². The van der Waals surface area contributed by atoms with E-state index in [0.717, 1.165) is 19.1 Å². The Labute approximate surface area is 147 Å². The lowest BCUT2D eigenvalue weighted by Gasteiger charge is -2.38. The third kappa shape index (κ3) is 3.47. The van der Waals surface area contributed by atoms with Crippen molar-refractivity contribution in [1.29, 1.82) is 0 Å². The molecule has 2 heterocycles. The highest BCUT2D eigenvalue weighted by atomic mass is 35.5. The summed E-state index contributed by atoms with van der Waals surface area (Å²) in [6.07, 6.45) is 2.35. The third-order valence-corrected chi connectivity index (χ3v) is 5.82. The number of ether oxygens (including phenoxy) is 1. The quantitative estimate of drug-likeness (QED) is 0.797. The molecule has 3 rings (SSSR count). The summed E-state index contributed by atoms with van der Waals surface area (Å²) in [6, 6.07) is 4.77. The van der Waals surface area contributed by atoms with Gasteiger partial charge >= 0.3 is 0 Å². The molecule has 0 aromatic heterocycles. The number of carbonyl (C=O) groups excluding carboxylic acids is 1. The SMILES string of the molecule is C[C@@H]1CCCN(C(=O)[C@@H]2CN(S(C)(=O)=O)c3cc(Cl)ccc3O2)C1. The first-order valence-electron chi connectivity index (χ1n) is 7.98. The van der Waals surface area contributed by atoms with E-state index in [1.807, 2.05) is 0 Å². The number of sulfonamides is 1. The van der Waals surface area contributed by atoms with E-state index in [-0.39, 0.29) is 12.5 Å². The van der Waals surface area contributed by atoms with Crippen molar-refractivity contribution in [2.24, 2.45) is 5.92 Å². The number of likely N-dealkylation sites (tertiary alicyclic amines) is 1. The molecule has 0 unspecified atom stereocenters. The fourth-order valence-corrected chi connectivity index (χ4v) is 4.33. The van der Waals surface area contributed by atoms with Crippen molar-refractivity contribution in [2.45, 2.75) is 25.9 Å². The van der Waals surface area contributed by atoms with E-state index >= 15 is 0 Å². The predicted octanol–water partition coefficient (Wildman–Crippen LogP) is 2.13. The molecule has 6 nitrogen and oxygen atoms in total. The van der Waals surface area contributed by atoms with E-state index in [0.29, 0.717) is 35.5 Å². The summed E-state index contributed by atoms with van der Waals surface area (Å²) in [5.74, 6) is 0.652. The van der Waals surface area contributed by atoms with E-state index in [1.54, 1.807) is 23.1 Å². The lowest BCUT2D eigenvalue weighted by Crippen LogP contribution is -2.53. The number of nitrogens with zero attached hydrogens (tertiary/aromatic N) is 2. The van der Waals surface area contributed by atoms with Crippen LogP contribution in [-0.2, 0) is 14.8 Å². The van der Waals surface area contributed by atoms with Crippen LogP contribution in [0.4, 0.5) is 5.69 Å². The molecule has 0 bridgehead atoms. The minimum absolute atomic E-state index is 0.0319. The molecule has 1 saturated heterocycles. The maximum absolute atomic E-state index is 12.8. The number of halogens is 1. The topological polar surface area (TPSA) is 66.9 Å². The Bertz CT molecular complexity index is 752. The van der Waals surface area contributed by atoms with Gasteiger partial charge in [-0.3, -0.25) is 9.10 Å². The molecular weight excluding hydrogens is 352 g/mol. The Morgan fingerprint density at radius 3 is 2.75 bits per heavy atom. The van der Waals surface area contributed by atoms with Gasteiger partial charge in [-0.05, 0) is 37.0 Å². The summed E-state index contributed by atoms with van der Waals surface area (Å²) in [5.41, 5.74) is 0.376. The zero-order valence-electron chi connectivity index (χ0n) is 13.7. The number of amides is 1. The molecule has 0 radical (unpaired) electrons.